The number of rotatable bonds is 7. The molecule has 1 aromatic carbocycles. The van der Waals surface area contributed by atoms with E-state index in [4.69, 9.17) is 4.74 Å². The lowest BCUT2D eigenvalue weighted by Gasteiger charge is -2.21. The highest BCUT2D eigenvalue weighted by atomic mass is 19.3. The third-order valence-electron chi connectivity index (χ3n) is 2.42. The van der Waals surface area contributed by atoms with Gasteiger partial charge in [-0.1, -0.05) is 0 Å². The summed E-state index contributed by atoms with van der Waals surface area (Å²) in [5, 5.41) is 10.0. The average Bonchev–Trinajstić information content (AvgIpc) is 2.44. The second-order valence-electron chi connectivity index (χ2n) is 5.65. The number of benzene rings is 1. The summed E-state index contributed by atoms with van der Waals surface area (Å²) in [6.45, 7) is 3.57. The zero-order chi connectivity index (χ0) is 18.5. The van der Waals surface area contributed by atoms with Crippen molar-refractivity contribution in [2.45, 2.75) is 32.5 Å². The van der Waals surface area contributed by atoms with E-state index in [1.54, 1.807) is 20.8 Å². The van der Waals surface area contributed by atoms with E-state index in [-0.39, 0.29) is 11.3 Å². The molecule has 0 saturated heterocycles. The van der Waals surface area contributed by atoms with Gasteiger partial charge in [-0.05, 0) is 39.0 Å². The van der Waals surface area contributed by atoms with Gasteiger partial charge in [0.15, 0.2) is 11.6 Å². The van der Waals surface area contributed by atoms with Gasteiger partial charge in [0.2, 0.25) is 0 Å². The van der Waals surface area contributed by atoms with Crippen LogP contribution < -0.4 is 9.84 Å². The van der Waals surface area contributed by atoms with Crippen LogP contribution in [0.4, 0.5) is 13.2 Å². The van der Waals surface area contributed by atoms with Crippen LogP contribution in [0.15, 0.2) is 18.2 Å². The number of hydrogen-bond donors (Lipinski definition) is 0. The Morgan fingerprint density at radius 3 is 2.33 bits per heavy atom. The van der Waals surface area contributed by atoms with E-state index >= 15 is 0 Å². The zero-order valence-electron chi connectivity index (χ0n) is 13.2. The second-order valence-corrected chi connectivity index (χ2v) is 5.65. The van der Waals surface area contributed by atoms with Crippen LogP contribution in [0.3, 0.4) is 0 Å². The Kier molecular flexibility index (Phi) is 6.19. The standard InChI is InChI=1S/C15H17F3O6/c1-14(2,3)24-11-8-9(4-5-10(11)16)12(19)22-6-7-23-15(17,18)13(20)21/h4-5,8H,6-7H2,1-3H3,(H,20,21)/p-1. The molecule has 0 aliphatic rings. The summed E-state index contributed by atoms with van der Waals surface area (Å²) in [6.07, 6.45) is -4.48. The SMILES string of the molecule is CC(C)(C)Oc1cc(C(=O)OCCOC(F)(F)C(=O)[O-])ccc1F. The summed E-state index contributed by atoms with van der Waals surface area (Å²) >= 11 is 0. The highest BCUT2D eigenvalue weighted by Gasteiger charge is 2.32. The number of hydrogen-bond acceptors (Lipinski definition) is 6. The molecule has 0 bridgehead atoms. The molecule has 0 aromatic heterocycles. The lowest BCUT2D eigenvalue weighted by molar-refractivity contribution is -0.363. The molecule has 134 valence electrons. The van der Waals surface area contributed by atoms with Crippen LogP contribution in [0, 0.1) is 5.82 Å². The van der Waals surface area contributed by atoms with Crippen molar-refractivity contribution in [2.75, 3.05) is 13.2 Å². The van der Waals surface area contributed by atoms with Crippen molar-refractivity contribution in [3.05, 3.63) is 29.6 Å². The number of carbonyl (C=O) groups is 2. The molecule has 0 atom stereocenters. The monoisotopic (exact) mass is 349 g/mol. The number of carboxylic acids is 1. The molecular formula is C15H16F3O6-. The van der Waals surface area contributed by atoms with Gasteiger partial charge in [0.25, 0.3) is 0 Å². The van der Waals surface area contributed by atoms with Gasteiger partial charge < -0.3 is 24.1 Å². The minimum Gasteiger partial charge on any atom is -0.542 e. The summed E-state index contributed by atoms with van der Waals surface area (Å²) in [7, 11) is 0. The Balaban J connectivity index is 2.63. The van der Waals surface area contributed by atoms with Crippen LogP contribution in [0.25, 0.3) is 0 Å². The maximum Gasteiger partial charge on any atom is 0.397 e. The van der Waals surface area contributed by atoms with Crippen LogP contribution in [0.1, 0.15) is 31.1 Å². The van der Waals surface area contributed by atoms with Crippen molar-refractivity contribution in [1.29, 1.82) is 0 Å². The first kappa shape index (κ1) is 19.8. The van der Waals surface area contributed by atoms with Crippen LogP contribution in [-0.4, -0.2) is 36.9 Å². The molecule has 0 spiro atoms. The molecule has 0 saturated carbocycles. The zero-order valence-corrected chi connectivity index (χ0v) is 13.2. The van der Waals surface area contributed by atoms with Crippen LogP contribution in [-0.2, 0) is 14.3 Å². The fourth-order valence-electron chi connectivity index (χ4n) is 1.48. The molecule has 0 aliphatic heterocycles. The molecule has 0 radical (unpaired) electrons. The number of aliphatic carboxylic acids is 1. The number of alkyl halides is 2. The molecule has 0 N–H and O–H groups in total. The van der Waals surface area contributed by atoms with E-state index in [9.17, 15) is 27.9 Å². The topological polar surface area (TPSA) is 84.9 Å². The van der Waals surface area contributed by atoms with E-state index in [2.05, 4.69) is 9.47 Å². The summed E-state index contributed by atoms with van der Waals surface area (Å²) in [4.78, 5) is 21.8. The van der Waals surface area contributed by atoms with Crippen molar-refractivity contribution >= 4 is 11.9 Å². The maximum absolute atomic E-state index is 13.6. The van der Waals surface area contributed by atoms with Gasteiger partial charge in [-0.2, -0.15) is 8.78 Å². The Morgan fingerprint density at radius 1 is 1.17 bits per heavy atom. The van der Waals surface area contributed by atoms with Gasteiger partial charge in [0.05, 0.1) is 12.2 Å². The number of halogens is 3. The van der Waals surface area contributed by atoms with Crippen molar-refractivity contribution in [3.63, 3.8) is 0 Å². The third-order valence-corrected chi connectivity index (χ3v) is 2.42. The molecular weight excluding hydrogens is 333 g/mol. The lowest BCUT2D eigenvalue weighted by Crippen LogP contribution is -2.44. The van der Waals surface area contributed by atoms with Crippen LogP contribution >= 0.6 is 0 Å². The molecule has 24 heavy (non-hydrogen) atoms. The number of carbonyl (C=O) groups excluding carboxylic acids is 2. The van der Waals surface area contributed by atoms with Crippen LogP contribution in [0.5, 0.6) is 5.75 Å². The molecule has 9 heteroatoms. The molecule has 6 nitrogen and oxygen atoms in total. The minimum atomic E-state index is -4.48. The first-order valence-electron chi connectivity index (χ1n) is 6.81. The molecule has 1 rings (SSSR count). The van der Waals surface area contributed by atoms with E-state index in [1.165, 1.54) is 0 Å². The number of carboxylic acid groups (broad SMARTS) is 1. The average molecular weight is 349 g/mol. The summed E-state index contributed by atoms with van der Waals surface area (Å²) in [6, 6.07) is 3.24. The predicted octanol–water partition coefficient (Wildman–Crippen LogP) is 1.52. The number of ether oxygens (including phenoxy) is 3. The predicted molar refractivity (Wildman–Crippen MR) is 73.0 cm³/mol. The normalized spacial score (nSPS) is 11.9. The minimum absolute atomic E-state index is 0.0673. The summed E-state index contributed by atoms with van der Waals surface area (Å²) in [5.41, 5.74) is -0.768. The van der Waals surface area contributed by atoms with Crippen molar-refractivity contribution in [2.24, 2.45) is 0 Å². The second kappa shape index (κ2) is 7.52. The first-order valence-corrected chi connectivity index (χ1v) is 6.81. The molecule has 0 aliphatic carbocycles. The molecule has 0 heterocycles. The van der Waals surface area contributed by atoms with Crippen molar-refractivity contribution in [1.82, 2.24) is 0 Å². The van der Waals surface area contributed by atoms with Gasteiger partial charge in [-0.3, -0.25) is 0 Å². The molecule has 0 unspecified atom stereocenters. The number of esters is 1. The van der Waals surface area contributed by atoms with Crippen LogP contribution in [0.2, 0.25) is 0 Å². The fraction of sp³-hybridized carbons (Fsp3) is 0.467. The van der Waals surface area contributed by atoms with Gasteiger partial charge >= 0.3 is 12.1 Å². The van der Waals surface area contributed by atoms with Crippen molar-refractivity contribution in [3.8, 4) is 5.75 Å². The van der Waals surface area contributed by atoms with E-state index in [0.717, 1.165) is 18.2 Å². The Morgan fingerprint density at radius 2 is 1.79 bits per heavy atom. The largest absolute Gasteiger partial charge is 0.542 e. The van der Waals surface area contributed by atoms with E-state index in [1.807, 2.05) is 0 Å². The van der Waals surface area contributed by atoms with Gasteiger partial charge in [-0.25, -0.2) is 9.18 Å². The van der Waals surface area contributed by atoms with E-state index in [0.29, 0.717) is 0 Å². The maximum atomic E-state index is 13.6. The van der Waals surface area contributed by atoms with Crippen molar-refractivity contribution < 1.29 is 42.1 Å². The Labute approximate surface area is 136 Å². The lowest BCUT2D eigenvalue weighted by atomic mass is 10.1. The third kappa shape index (κ3) is 6.07. The highest BCUT2D eigenvalue weighted by Crippen LogP contribution is 2.24. The summed E-state index contributed by atoms with van der Waals surface area (Å²) < 4.78 is 52.5. The fourth-order valence-corrected chi connectivity index (χ4v) is 1.48. The summed E-state index contributed by atoms with van der Waals surface area (Å²) in [5.74, 6) is -4.49. The first-order chi connectivity index (χ1) is 10.9. The molecule has 1 aromatic rings. The van der Waals surface area contributed by atoms with Gasteiger partial charge in [-0.15, -0.1) is 0 Å². The van der Waals surface area contributed by atoms with E-state index < -0.39 is 42.7 Å². The Bertz CT molecular complexity index is 610. The van der Waals surface area contributed by atoms with Gasteiger partial charge in [0, 0.05) is 0 Å². The highest BCUT2D eigenvalue weighted by molar-refractivity contribution is 5.89. The van der Waals surface area contributed by atoms with Gasteiger partial charge in [0.1, 0.15) is 18.2 Å². The smallest absolute Gasteiger partial charge is 0.397 e. The Hall–Kier alpha value is -2.29. The molecule has 0 fully saturated rings. The molecule has 0 amide bonds. The quantitative estimate of drug-likeness (QED) is 0.548.